The quantitative estimate of drug-likeness (QED) is 0.830. The van der Waals surface area contributed by atoms with E-state index < -0.39 is 0 Å². The van der Waals surface area contributed by atoms with E-state index in [0.717, 1.165) is 17.5 Å². The predicted molar refractivity (Wildman–Crippen MR) is 81.7 cm³/mol. The van der Waals surface area contributed by atoms with E-state index in [1.54, 1.807) is 0 Å². The number of hydrogen-bond acceptors (Lipinski definition) is 1. The van der Waals surface area contributed by atoms with E-state index in [-0.39, 0.29) is 0 Å². The Labute approximate surface area is 121 Å². The molecule has 2 heteroatoms. The molecular weight excluding hydrogens is 254 g/mol. The van der Waals surface area contributed by atoms with E-state index in [4.69, 9.17) is 11.6 Å². The van der Waals surface area contributed by atoms with Gasteiger partial charge in [-0.3, -0.25) is 0 Å². The molecule has 0 unspecified atom stereocenters. The summed E-state index contributed by atoms with van der Waals surface area (Å²) in [4.78, 5) is 0. The van der Waals surface area contributed by atoms with Crippen molar-refractivity contribution in [1.82, 2.24) is 5.32 Å². The smallest absolute Gasteiger partial charge is 0.0438 e. The zero-order valence-corrected chi connectivity index (χ0v) is 12.4. The lowest BCUT2D eigenvalue weighted by molar-refractivity contribution is 0.180. The summed E-state index contributed by atoms with van der Waals surface area (Å²) in [6.07, 6.45) is 10.8. The van der Waals surface area contributed by atoms with Gasteiger partial charge in [-0.05, 0) is 49.1 Å². The van der Waals surface area contributed by atoms with Crippen LogP contribution >= 0.6 is 11.6 Å². The van der Waals surface area contributed by atoms with Gasteiger partial charge in [0, 0.05) is 17.6 Å². The second-order valence-corrected chi connectivity index (χ2v) is 6.89. The highest BCUT2D eigenvalue weighted by Gasteiger charge is 2.34. The Bertz CT molecular complexity index is 419. The van der Waals surface area contributed by atoms with Crippen LogP contribution in [0.1, 0.15) is 50.5 Å². The standard InChI is InChI=1S/C17H24ClN/c18-16-7-3-2-6-14(16)12-17(10-4-1-5-11-17)13-19-15-8-9-15/h2-3,6-7,15,19H,1,4-5,8-13H2. The Morgan fingerprint density at radius 3 is 2.53 bits per heavy atom. The van der Waals surface area contributed by atoms with Gasteiger partial charge >= 0.3 is 0 Å². The van der Waals surface area contributed by atoms with Crippen LogP contribution in [0.4, 0.5) is 0 Å². The Hall–Kier alpha value is -0.530. The van der Waals surface area contributed by atoms with Gasteiger partial charge in [0.25, 0.3) is 0 Å². The second kappa shape index (κ2) is 5.85. The number of rotatable bonds is 5. The first kappa shape index (κ1) is 13.5. The van der Waals surface area contributed by atoms with Gasteiger partial charge in [0.2, 0.25) is 0 Å². The predicted octanol–water partition coefficient (Wildman–Crippen LogP) is 4.59. The third-order valence-electron chi connectivity index (χ3n) is 4.78. The molecule has 104 valence electrons. The van der Waals surface area contributed by atoms with E-state index in [1.165, 1.54) is 57.1 Å². The fourth-order valence-corrected chi connectivity index (χ4v) is 3.61. The number of benzene rings is 1. The van der Waals surface area contributed by atoms with E-state index in [1.807, 2.05) is 12.1 Å². The van der Waals surface area contributed by atoms with Crippen LogP contribution in [-0.4, -0.2) is 12.6 Å². The summed E-state index contributed by atoms with van der Waals surface area (Å²) in [6.45, 7) is 1.18. The molecule has 0 aliphatic heterocycles. The maximum absolute atomic E-state index is 6.36. The van der Waals surface area contributed by atoms with Crippen molar-refractivity contribution in [2.45, 2.75) is 57.4 Å². The van der Waals surface area contributed by atoms with Crippen molar-refractivity contribution in [3.63, 3.8) is 0 Å². The molecule has 1 N–H and O–H groups in total. The van der Waals surface area contributed by atoms with Crippen LogP contribution in [0.15, 0.2) is 24.3 Å². The average molecular weight is 278 g/mol. The molecule has 0 heterocycles. The van der Waals surface area contributed by atoms with Gasteiger partial charge in [-0.1, -0.05) is 49.1 Å². The lowest BCUT2D eigenvalue weighted by Gasteiger charge is -2.38. The van der Waals surface area contributed by atoms with Crippen molar-refractivity contribution in [2.24, 2.45) is 5.41 Å². The average Bonchev–Trinajstić information content (AvgIpc) is 3.25. The Balaban J connectivity index is 1.72. The van der Waals surface area contributed by atoms with Crippen molar-refractivity contribution in [2.75, 3.05) is 6.54 Å². The fraction of sp³-hybridized carbons (Fsp3) is 0.647. The topological polar surface area (TPSA) is 12.0 Å². The van der Waals surface area contributed by atoms with Crippen LogP contribution in [0.25, 0.3) is 0 Å². The molecular formula is C17H24ClN. The van der Waals surface area contributed by atoms with Crippen molar-refractivity contribution in [3.05, 3.63) is 34.9 Å². The fourth-order valence-electron chi connectivity index (χ4n) is 3.41. The van der Waals surface area contributed by atoms with Crippen LogP contribution in [0.2, 0.25) is 5.02 Å². The summed E-state index contributed by atoms with van der Waals surface area (Å²) in [5.41, 5.74) is 1.79. The minimum atomic E-state index is 0.450. The van der Waals surface area contributed by atoms with Gasteiger partial charge in [-0.15, -0.1) is 0 Å². The third kappa shape index (κ3) is 3.52. The van der Waals surface area contributed by atoms with Crippen LogP contribution < -0.4 is 5.32 Å². The van der Waals surface area contributed by atoms with Gasteiger partial charge in [0.15, 0.2) is 0 Å². The van der Waals surface area contributed by atoms with Crippen molar-refractivity contribution in [1.29, 1.82) is 0 Å². The van der Waals surface area contributed by atoms with Crippen molar-refractivity contribution < 1.29 is 0 Å². The summed E-state index contributed by atoms with van der Waals surface area (Å²) >= 11 is 6.36. The maximum Gasteiger partial charge on any atom is 0.0438 e. The molecule has 2 fully saturated rings. The Kier molecular flexibility index (Phi) is 4.14. The van der Waals surface area contributed by atoms with E-state index >= 15 is 0 Å². The molecule has 1 aromatic rings. The Morgan fingerprint density at radius 2 is 1.84 bits per heavy atom. The maximum atomic E-state index is 6.36. The molecule has 2 saturated carbocycles. The summed E-state index contributed by atoms with van der Waals surface area (Å²) in [5.74, 6) is 0. The largest absolute Gasteiger partial charge is 0.313 e. The molecule has 2 aliphatic rings. The summed E-state index contributed by atoms with van der Waals surface area (Å²) in [7, 11) is 0. The summed E-state index contributed by atoms with van der Waals surface area (Å²) < 4.78 is 0. The number of hydrogen-bond donors (Lipinski definition) is 1. The van der Waals surface area contributed by atoms with Gasteiger partial charge in [-0.2, -0.15) is 0 Å². The van der Waals surface area contributed by atoms with Crippen molar-refractivity contribution in [3.8, 4) is 0 Å². The molecule has 3 rings (SSSR count). The first-order valence-corrected chi connectivity index (χ1v) is 8.12. The highest BCUT2D eigenvalue weighted by atomic mass is 35.5. The molecule has 0 atom stereocenters. The highest BCUT2D eigenvalue weighted by molar-refractivity contribution is 6.31. The van der Waals surface area contributed by atoms with Gasteiger partial charge in [0.05, 0.1) is 0 Å². The normalized spacial score (nSPS) is 22.4. The van der Waals surface area contributed by atoms with E-state index in [0.29, 0.717) is 5.41 Å². The zero-order valence-electron chi connectivity index (χ0n) is 11.6. The van der Waals surface area contributed by atoms with Gasteiger partial charge in [-0.25, -0.2) is 0 Å². The SMILES string of the molecule is Clc1ccccc1CC1(CNC2CC2)CCCCC1. The summed E-state index contributed by atoms with van der Waals surface area (Å²) in [5, 5.41) is 4.71. The zero-order chi connectivity index (χ0) is 13.1. The van der Waals surface area contributed by atoms with Crippen LogP contribution in [-0.2, 0) is 6.42 Å². The second-order valence-electron chi connectivity index (χ2n) is 6.48. The lowest BCUT2D eigenvalue weighted by atomic mass is 9.70. The first-order chi connectivity index (χ1) is 9.27. The van der Waals surface area contributed by atoms with Crippen LogP contribution in [0, 0.1) is 5.41 Å². The number of nitrogens with one attached hydrogen (secondary N) is 1. The molecule has 0 aromatic heterocycles. The molecule has 0 amide bonds. The Morgan fingerprint density at radius 1 is 1.11 bits per heavy atom. The van der Waals surface area contributed by atoms with Gasteiger partial charge in [0.1, 0.15) is 0 Å². The number of halogens is 1. The van der Waals surface area contributed by atoms with E-state index in [2.05, 4.69) is 17.4 Å². The molecule has 0 spiro atoms. The van der Waals surface area contributed by atoms with Crippen LogP contribution in [0.3, 0.4) is 0 Å². The molecule has 0 bridgehead atoms. The minimum Gasteiger partial charge on any atom is -0.313 e. The molecule has 0 radical (unpaired) electrons. The van der Waals surface area contributed by atoms with Crippen molar-refractivity contribution >= 4 is 11.6 Å². The lowest BCUT2D eigenvalue weighted by Crippen LogP contribution is -2.38. The highest BCUT2D eigenvalue weighted by Crippen LogP contribution is 2.40. The third-order valence-corrected chi connectivity index (χ3v) is 5.15. The first-order valence-electron chi connectivity index (χ1n) is 7.74. The molecule has 2 aliphatic carbocycles. The molecule has 19 heavy (non-hydrogen) atoms. The minimum absolute atomic E-state index is 0.450. The summed E-state index contributed by atoms with van der Waals surface area (Å²) in [6, 6.07) is 9.19. The molecule has 0 saturated heterocycles. The van der Waals surface area contributed by atoms with Crippen LogP contribution in [0.5, 0.6) is 0 Å². The monoisotopic (exact) mass is 277 g/mol. The van der Waals surface area contributed by atoms with E-state index in [9.17, 15) is 0 Å². The molecule has 1 nitrogen and oxygen atoms in total. The molecule has 1 aromatic carbocycles. The van der Waals surface area contributed by atoms with Gasteiger partial charge < -0.3 is 5.32 Å².